The molecule has 1 aromatic rings. The number of rotatable bonds is 3. The van der Waals surface area contributed by atoms with Crippen molar-refractivity contribution in [2.75, 3.05) is 30.9 Å². The number of hydrogen-bond acceptors (Lipinski definition) is 5. The van der Waals surface area contributed by atoms with Crippen LogP contribution in [0.3, 0.4) is 0 Å². The van der Waals surface area contributed by atoms with Crippen LogP contribution >= 0.6 is 15.9 Å². The van der Waals surface area contributed by atoms with Gasteiger partial charge >= 0.3 is 0 Å². The average molecular weight is 302 g/mol. The summed E-state index contributed by atoms with van der Waals surface area (Å²) >= 11 is 3.31. The highest BCUT2D eigenvalue weighted by molar-refractivity contribution is 9.10. The van der Waals surface area contributed by atoms with Gasteiger partial charge in [0.25, 0.3) is 0 Å². The molecule has 1 fully saturated rings. The van der Waals surface area contributed by atoms with Crippen LogP contribution in [0.25, 0.3) is 0 Å². The number of nitrogen functional groups attached to an aromatic ring is 1. The summed E-state index contributed by atoms with van der Waals surface area (Å²) < 4.78 is 6.14. The summed E-state index contributed by atoms with van der Waals surface area (Å²) in [6.45, 7) is 1.33. The summed E-state index contributed by atoms with van der Waals surface area (Å²) in [5.74, 6) is 0.615. The third kappa shape index (κ3) is 2.88. The molecule has 0 aliphatic carbocycles. The van der Waals surface area contributed by atoms with E-state index in [0.29, 0.717) is 24.7 Å². The van der Waals surface area contributed by atoms with E-state index < -0.39 is 0 Å². The number of hydrogen-bond donors (Lipinski definition) is 3. The van der Waals surface area contributed by atoms with Crippen LogP contribution in [0.5, 0.6) is 0 Å². The second-order valence-corrected chi connectivity index (χ2v) is 5.18. The Bertz CT molecular complexity index is 394. The molecule has 17 heavy (non-hydrogen) atoms. The van der Waals surface area contributed by atoms with E-state index in [-0.39, 0.29) is 12.1 Å². The van der Waals surface area contributed by atoms with Gasteiger partial charge in [0, 0.05) is 23.9 Å². The van der Waals surface area contributed by atoms with Crippen molar-refractivity contribution in [2.24, 2.45) is 0 Å². The van der Waals surface area contributed by atoms with Crippen molar-refractivity contribution in [3.8, 4) is 0 Å². The number of aromatic nitrogens is 1. The zero-order valence-electron chi connectivity index (χ0n) is 9.45. The molecular formula is C11H16BrN3O2. The molecule has 6 heteroatoms. The van der Waals surface area contributed by atoms with Crippen molar-refractivity contribution in [3.05, 3.63) is 16.7 Å². The topological polar surface area (TPSA) is 80.4 Å². The lowest BCUT2D eigenvalue weighted by Crippen LogP contribution is -2.47. The summed E-state index contributed by atoms with van der Waals surface area (Å²) in [5, 5.41) is 12.8. The lowest BCUT2D eigenvalue weighted by Gasteiger charge is -2.37. The Labute approximate surface area is 108 Å². The maximum Gasteiger partial charge on any atom is 0.149 e. The number of nitrogens with one attached hydrogen (secondary N) is 1. The number of halogens is 1. The number of anilines is 2. The maximum absolute atomic E-state index is 9.55. The molecule has 4 N–H and O–H groups in total. The molecule has 1 aliphatic rings. The number of ether oxygens (including phenoxy) is 1. The van der Waals surface area contributed by atoms with Crippen LogP contribution in [0.1, 0.15) is 12.8 Å². The second-order valence-electron chi connectivity index (χ2n) is 4.27. The standard InChI is InChI=1S/C11H16BrN3O2/c12-8-5-9(13)10(14-6-8)15-11(7-16)1-3-17-4-2-11/h5-6,16H,1-4,7,13H2,(H,14,15). The summed E-state index contributed by atoms with van der Waals surface area (Å²) in [4.78, 5) is 4.23. The molecule has 1 saturated heterocycles. The molecule has 0 saturated carbocycles. The van der Waals surface area contributed by atoms with Gasteiger partial charge in [0.15, 0.2) is 0 Å². The van der Waals surface area contributed by atoms with Gasteiger partial charge in [-0.15, -0.1) is 0 Å². The first-order chi connectivity index (χ1) is 8.15. The zero-order valence-corrected chi connectivity index (χ0v) is 11.0. The van der Waals surface area contributed by atoms with Crippen molar-refractivity contribution in [1.29, 1.82) is 0 Å². The van der Waals surface area contributed by atoms with Crippen LogP contribution in [0, 0.1) is 0 Å². The minimum atomic E-state index is -0.368. The van der Waals surface area contributed by atoms with Crippen LogP contribution in [0.4, 0.5) is 11.5 Å². The third-order valence-corrected chi connectivity index (χ3v) is 3.45. The van der Waals surface area contributed by atoms with Crippen molar-refractivity contribution in [1.82, 2.24) is 4.98 Å². The van der Waals surface area contributed by atoms with E-state index in [1.165, 1.54) is 0 Å². The Morgan fingerprint density at radius 3 is 2.82 bits per heavy atom. The third-order valence-electron chi connectivity index (χ3n) is 3.02. The predicted octanol–water partition coefficient (Wildman–Crippen LogP) is 1.38. The van der Waals surface area contributed by atoms with Crippen LogP contribution in [0.15, 0.2) is 16.7 Å². The van der Waals surface area contributed by atoms with E-state index in [9.17, 15) is 5.11 Å². The monoisotopic (exact) mass is 301 g/mol. The predicted molar refractivity (Wildman–Crippen MR) is 69.8 cm³/mol. The van der Waals surface area contributed by atoms with Gasteiger partial charge < -0.3 is 20.9 Å². The number of nitrogens with zero attached hydrogens (tertiary/aromatic N) is 1. The molecule has 5 nitrogen and oxygen atoms in total. The molecule has 0 amide bonds. The van der Waals surface area contributed by atoms with E-state index in [1.54, 1.807) is 12.3 Å². The van der Waals surface area contributed by atoms with Crippen LogP contribution in [0.2, 0.25) is 0 Å². The smallest absolute Gasteiger partial charge is 0.149 e. The number of aliphatic hydroxyl groups excluding tert-OH is 1. The summed E-state index contributed by atoms with van der Waals surface area (Å²) in [5.41, 5.74) is 6.08. The SMILES string of the molecule is Nc1cc(Br)cnc1NC1(CO)CCOCC1. The molecule has 0 radical (unpaired) electrons. The summed E-state index contributed by atoms with van der Waals surface area (Å²) in [6.07, 6.45) is 3.18. The molecule has 0 unspecified atom stereocenters. The lowest BCUT2D eigenvalue weighted by molar-refractivity contribution is 0.0379. The lowest BCUT2D eigenvalue weighted by atomic mass is 9.91. The minimum absolute atomic E-state index is 0.0492. The number of nitrogens with two attached hydrogens (primary N) is 1. The van der Waals surface area contributed by atoms with E-state index in [2.05, 4.69) is 26.2 Å². The highest BCUT2D eigenvalue weighted by Crippen LogP contribution is 2.28. The quantitative estimate of drug-likeness (QED) is 0.786. The first kappa shape index (κ1) is 12.6. The molecule has 0 aromatic carbocycles. The Balaban J connectivity index is 2.17. The highest BCUT2D eigenvalue weighted by atomic mass is 79.9. The van der Waals surface area contributed by atoms with Gasteiger partial charge in [-0.05, 0) is 34.8 Å². The Hall–Kier alpha value is -0.850. The second kappa shape index (κ2) is 5.20. The van der Waals surface area contributed by atoms with Gasteiger partial charge in [0.2, 0.25) is 0 Å². The Kier molecular flexibility index (Phi) is 3.86. The van der Waals surface area contributed by atoms with Crippen LogP contribution in [-0.4, -0.2) is 35.5 Å². The fraction of sp³-hybridized carbons (Fsp3) is 0.545. The highest BCUT2D eigenvalue weighted by Gasteiger charge is 2.32. The van der Waals surface area contributed by atoms with Gasteiger partial charge in [-0.25, -0.2) is 4.98 Å². The number of pyridine rings is 1. The van der Waals surface area contributed by atoms with Crippen LogP contribution < -0.4 is 11.1 Å². The van der Waals surface area contributed by atoms with Crippen molar-refractivity contribution in [2.45, 2.75) is 18.4 Å². The van der Waals surface area contributed by atoms with E-state index in [1.807, 2.05) is 0 Å². The molecule has 1 aromatic heterocycles. The molecular weight excluding hydrogens is 286 g/mol. The van der Waals surface area contributed by atoms with Gasteiger partial charge in [-0.2, -0.15) is 0 Å². The van der Waals surface area contributed by atoms with Gasteiger partial charge in [0.1, 0.15) is 5.82 Å². The van der Waals surface area contributed by atoms with Crippen molar-refractivity contribution in [3.63, 3.8) is 0 Å². The fourth-order valence-corrected chi connectivity index (χ4v) is 2.24. The van der Waals surface area contributed by atoms with Crippen LogP contribution in [-0.2, 0) is 4.74 Å². The van der Waals surface area contributed by atoms with Gasteiger partial charge in [-0.3, -0.25) is 0 Å². The molecule has 1 aliphatic heterocycles. The Morgan fingerprint density at radius 2 is 2.24 bits per heavy atom. The average Bonchev–Trinajstić information content (AvgIpc) is 2.34. The van der Waals surface area contributed by atoms with E-state index >= 15 is 0 Å². The zero-order chi connectivity index (χ0) is 12.3. The normalized spacial score (nSPS) is 18.9. The summed E-state index contributed by atoms with van der Waals surface area (Å²) in [6, 6.07) is 1.79. The Morgan fingerprint density at radius 1 is 1.53 bits per heavy atom. The van der Waals surface area contributed by atoms with E-state index in [0.717, 1.165) is 17.3 Å². The minimum Gasteiger partial charge on any atom is -0.396 e. The molecule has 2 rings (SSSR count). The van der Waals surface area contributed by atoms with E-state index in [4.69, 9.17) is 10.5 Å². The molecule has 0 atom stereocenters. The van der Waals surface area contributed by atoms with Crippen molar-refractivity contribution < 1.29 is 9.84 Å². The maximum atomic E-state index is 9.55. The van der Waals surface area contributed by atoms with Gasteiger partial charge in [-0.1, -0.05) is 0 Å². The first-order valence-electron chi connectivity index (χ1n) is 5.53. The largest absolute Gasteiger partial charge is 0.396 e. The summed E-state index contributed by atoms with van der Waals surface area (Å²) in [7, 11) is 0. The number of aliphatic hydroxyl groups is 1. The fourth-order valence-electron chi connectivity index (χ4n) is 1.90. The molecule has 0 bridgehead atoms. The molecule has 94 valence electrons. The molecule has 2 heterocycles. The van der Waals surface area contributed by atoms with Crippen molar-refractivity contribution >= 4 is 27.4 Å². The van der Waals surface area contributed by atoms with Gasteiger partial charge in [0.05, 0.1) is 17.8 Å². The molecule has 0 spiro atoms. The first-order valence-corrected chi connectivity index (χ1v) is 6.32.